The lowest BCUT2D eigenvalue weighted by Gasteiger charge is -2.16. The highest BCUT2D eigenvalue weighted by Crippen LogP contribution is 2.19. The molecule has 1 amide bonds. The molecule has 0 N–H and O–H groups in total. The van der Waals surface area contributed by atoms with Gasteiger partial charge < -0.3 is 9.32 Å². The van der Waals surface area contributed by atoms with Gasteiger partial charge in [-0.3, -0.25) is 4.79 Å². The van der Waals surface area contributed by atoms with E-state index in [1.54, 1.807) is 45.2 Å². The summed E-state index contributed by atoms with van der Waals surface area (Å²) in [6, 6.07) is 8.87. The molecule has 0 bridgehead atoms. The van der Waals surface area contributed by atoms with Gasteiger partial charge in [-0.25, -0.2) is 4.98 Å². The van der Waals surface area contributed by atoms with E-state index in [9.17, 15) is 4.79 Å². The molecule has 5 nitrogen and oxygen atoms in total. The number of hydrogen-bond acceptors (Lipinski definition) is 4. The van der Waals surface area contributed by atoms with Crippen LogP contribution in [-0.4, -0.2) is 17.9 Å². The zero-order valence-electron chi connectivity index (χ0n) is 11.0. The van der Waals surface area contributed by atoms with E-state index in [2.05, 4.69) is 4.98 Å². The van der Waals surface area contributed by atoms with Gasteiger partial charge in [0.2, 0.25) is 5.76 Å². The lowest BCUT2D eigenvalue weighted by Crippen LogP contribution is -2.26. The van der Waals surface area contributed by atoms with Crippen LogP contribution in [0.1, 0.15) is 27.7 Å². The summed E-state index contributed by atoms with van der Waals surface area (Å²) >= 11 is 0. The van der Waals surface area contributed by atoms with Gasteiger partial charge in [-0.05, 0) is 25.1 Å². The molecule has 1 heterocycles. The van der Waals surface area contributed by atoms with E-state index in [0.717, 1.165) is 0 Å². The third-order valence-corrected chi connectivity index (χ3v) is 2.76. The van der Waals surface area contributed by atoms with Crippen molar-refractivity contribution in [1.29, 1.82) is 5.26 Å². The van der Waals surface area contributed by atoms with Crippen molar-refractivity contribution in [3.8, 4) is 6.07 Å². The number of nitriles is 1. The van der Waals surface area contributed by atoms with Gasteiger partial charge in [0, 0.05) is 19.7 Å². The number of hydrogen-bond donors (Lipinski definition) is 0. The predicted octanol–water partition coefficient (Wildman–Crippen LogP) is 2.44. The SMILES string of the molecule is Cc1nc(C)c(C(=O)N(C)c2cccc(C#N)c2)o1. The fourth-order valence-corrected chi connectivity index (χ4v) is 1.78. The van der Waals surface area contributed by atoms with Crippen LogP contribution in [0.3, 0.4) is 0 Å². The molecule has 0 unspecified atom stereocenters. The topological polar surface area (TPSA) is 70.1 Å². The minimum atomic E-state index is -0.284. The van der Waals surface area contributed by atoms with Crippen LogP contribution < -0.4 is 4.90 Å². The van der Waals surface area contributed by atoms with E-state index < -0.39 is 0 Å². The van der Waals surface area contributed by atoms with Crippen LogP contribution in [0.4, 0.5) is 5.69 Å². The summed E-state index contributed by atoms with van der Waals surface area (Å²) in [5.41, 5.74) is 1.70. The molecule has 0 aliphatic heterocycles. The largest absolute Gasteiger partial charge is 0.436 e. The average Bonchev–Trinajstić information content (AvgIpc) is 2.76. The van der Waals surface area contributed by atoms with Crippen LogP contribution in [0.5, 0.6) is 0 Å². The molecule has 0 aliphatic carbocycles. The fraction of sp³-hybridized carbons (Fsp3) is 0.214. The third-order valence-electron chi connectivity index (χ3n) is 2.76. The molecule has 0 aliphatic rings. The summed E-state index contributed by atoms with van der Waals surface area (Å²) in [7, 11) is 1.64. The Balaban J connectivity index is 2.33. The molecular formula is C14H13N3O2. The molecule has 96 valence electrons. The summed E-state index contributed by atoms with van der Waals surface area (Å²) in [6.45, 7) is 3.42. The maximum absolute atomic E-state index is 12.3. The first-order valence-electron chi connectivity index (χ1n) is 5.75. The summed E-state index contributed by atoms with van der Waals surface area (Å²) in [5.74, 6) is 0.399. The van der Waals surface area contributed by atoms with E-state index in [0.29, 0.717) is 22.8 Å². The zero-order valence-corrected chi connectivity index (χ0v) is 11.0. The molecule has 2 rings (SSSR count). The van der Waals surface area contributed by atoms with E-state index in [4.69, 9.17) is 9.68 Å². The first kappa shape index (κ1) is 12.8. The Bertz CT molecular complexity index is 668. The first-order chi connectivity index (χ1) is 9.02. The monoisotopic (exact) mass is 255 g/mol. The summed E-state index contributed by atoms with van der Waals surface area (Å²) in [5, 5.41) is 8.86. The standard InChI is InChI=1S/C14H13N3O2/c1-9-13(19-10(2)16-9)14(18)17(3)12-6-4-5-11(7-12)8-15/h4-7H,1-3H3. The molecule has 0 fully saturated rings. The predicted molar refractivity (Wildman–Crippen MR) is 69.9 cm³/mol. The summed E-state index contributed by atoms with van der Waals surface area (Å²) in [6.07, 6.45) is 0. The Kier molecular flexibility index (Phi) is 3.34. The molecule has 0 saturated heterocycles. The number of amides is 1. The van der Waals surface area contributed by atoms with Gasteiger partial charge in [0.25, 0.3) is 5.91 Å². The van der Waals surface area contributed by atoms with Crippen LogP contribution in [-0.2, 0) is 0 Å². The molecule has 2 aromatic rings. The highest BCUT2D eigenvalue weighted by Gasteiger charge is 2.21. The second kappa shape index (κ2) is 4.94. The molecule has 0 spiro atoms. The van der Waals surface area contributed by atoms with Gasteiger partial charge in [0.15, 0.2) is 5.89 Å². The summed E-state index contributed by atoms with van der Waals surface area (Å²) < 4.78 is 5.31. The van der Waals surface area contributed by atoms with Crippen molar-refractivity contribution >= 4 is 11.6 Å². The van der Waals surface area contributed by atoms with Crippen molar-refractivity contribution in [2.45, 2.75) is 13.8 Å². The van der Waals surface area contributed by atoms with Crippen LogP contribution in [0, 0.1) is 25.2 Å². The van der Waals surface area contributed by atoms with Crippen molar-refractivity contribution in [2.75, 3.05) is 11.9 Å². The molecule has 0 saturated carbocycles. The minimum Gasteiger partial charge on any atom is -0.436 e. The van der Waals surface area contributed by atoms with Crippen molar-refractivity contribution in [3.05, 3.63) is 47.2 Å². The van der Waals surface area contributed by atoms with Crippen LogP contribution in [0.2, 0.25) is 0 Å². The van der Waals surface area contributed by atoms with Crippen LogP contribution in [0.25, 0.3) is 0 Å². The fourth-order valence-electron chi connectivity index (χ4n) is 1.78. The minimum absolute atomic E-state index is 0.224. The zero-order chi connectivity index (χ0) is 14.0. The Labute approximate surface area is 111 Å². The summed E-state index contributed by atoms with van der Waals surface area (Å²) in [4.78, 5) is 17.8. The second-order valence-electron chi connectivity index (χ2n) is 4.17. The highest BCUT2D eigenvalue weighted by atomic mass is 16.4. The van der Waals surface area contributed by atoms with Crippen LogP contribution in [0.15, 0.2) is 28.7 Å². The number of rotatable bonds is 2. The van der Waals surface area contributed by atoms with Gasteiger partial charge in [-0.15, -0.1) is 0 Å². The lowest BCUT2D eigenvalue weighted by molar-refractivity contribution is 0.0964. The molecule has 5 heteroatoms. The van der Waals surface area contributed by atoms with Crippen molar-refractivity contribution in [1.82, 2.24) is 4.98 Å². The smallest absolute Gasteiger partial charge is 0.295 e. The van der Waals surface area contributed by atoms with Crippen molar-refractivity contribution in [3.63, 3.8) is 0 Å². The van der Waals surface area contributed by atoms with Gasteiger partial charge in [0.05, 0.1) is 17.3 Å². The Morgan fingerprint density at radius 2 is 2.16 bits per heavy atom. The van der Waals surface area contributed by atoms with Gasteiger partial charge in [-0.2, -0.15) is 5.26 Å². The van der Waals surface area contributed by atoms with E-state index in [-0.39, 0.29) is 11.7 Å². The molecule has 0 radical (unpaired) electrons. The maximum atomic E-state index is 12.3. The number of aromatic nitrogens is 1. The Hall–Kier alpha value is -2.61. The molecular weight excluding hydrogens is 242 g/mol. The van der Waals surface area contributed by atoms with Gasteiger partial charge in [0.1, 0.15) is 0 Å². The Morgan fingerprint density at radius 1 is 1.42 bits per heavy atom. The number of oxazole rings is 1. The molecule has 1 aromatic carbocycles. The highest BCUT2D eigenvalue weighted by molar-refractivity contribution is 6.04. The quantitative estimate of drug-likeness (QED) is 0.826. The number of aryl methyl sites for hydroxylation is 2. The van der Waals surface area contributed by atoms with E-state index >= 15 is 0 Å². The number of carbonyl (C=O) groups excluding carboxylic acids is 1. The maximum Gasteiger partial charge on any atom is 0.295 e. The Morgan fingerprint density at radius 3 is 2.74 bits per heavy atom. The van der Waals surface area contributed by atoms with Crippen molar-refractivity contribution < 1.29 is 9.21 Å². The van der Waals surface area contributed by atoms with Crippen LogP contribution >= 0.6 is 0 Å². The number of nitrogens with zero attached hydrogens (tertiary/aromatic N) is 3. The number of carbonyl (C=O) groups is 1. The number of benzene rings is 1. The molecule has 0 atom stereocenters. The molecule has 19 heavy (non-hydrogen) atoms. The average molecular weight is 255 g/mol. The normalized spacial score (nSPS) is 10.0. The lowest BCUT2D eigenvalue weighted by atomic mass is 10.2. The van der Waals surface area contributed by atoms with E-state index in [1.165, 1.54) is 4.90 Å². The van der Waals surface area contributed by atoms with Gasteiger partial charge >= 0.3 is 0 Å². The second-order valence-corrected chi connectivity index (χ2v) is 4.17. The third kappa shape index (κ3) is 2.47. The van der Waals surface area contributed by atoms with Crippen molar-refractivity contribution in [2.24, 2.45) is 0 Å². The number of anilines is 1. The molecule has 1 aromatic heterocycles. The first-order valence-corrected chi connectivity index (χ1v) is 5.75. The van der Waals surface area contributed by atoms with E-state index in [1.807, 2.05) is 6.07 Å². The van der Waals surface area contributed by atoms with Gasteiger partial charge in [-0.1, -0.05) is 6.07 Å².